The van der Waals surface area contributed by atoms with Gasteiger partial charge in [0.1, 0.15) is 5.75 Å². The molecule has 1 aromatic rings. The Bertz CT molecular complexity index is 450. The van der Waals surface area contributed by atoms with Gasteiger partial charge in [-0.1, -0.05) is 6.42 Å². The van der Waals surface area contributed by atoms with E-state index in [0.29, 0.717) is 42.1 Å². The molecular weight excluding hydrogens is 243 g/mol. The SMILES string of the molecule is Cc1c(OCC2CC2)ccc(OCC2CCC2)c1F. The Morgan fingerprint density at radius 1 is 1.00 bits per heavy atom. The van der Waals surface area contributed by atoms with E-state index < -0.39 is 0 Å². The van der Waals surface area contributed by atoms with Gasteiger partial charge in [-0.25, -0.2) is 4.39 Å². The molecule has 0 heterocycles. The summed E-state index contributed by atoms with van der Waals surface area (Å²) in [5.41, 5.74) is 0.562. The molecule has 0 amide bonds. The third kappa shape index (κ3) is 3.02. The van der Waals surface area contributed by atoms with Crippen molar-refractivity contribution in [1.82, 2.24) is 0 Å². The molecule has 2 fully saturated rings. The minimum Gasteiger partial charge on any atom is -0.493 e. The molecule has 2 nitrogen and oxygen atoms in total. The fourth-order valence-electron chi connectivity index (χ4n) is 2.27. The molecule has 0 unspecified atom stereocenters. The Balaban J connectivity index is 1.61. The summed E-state index contributed by atoms with van der Waals surface area (Å²) in [5.74, 6) is 2.04. The molecule has 0 spiro atoms. The number of ether oxygens (including phenoxy) is 2. The number of rotatable bonds is 6. The second kappa shape index (κ2) is 5.40. The monoisotopic (exact) mass is 264 g/mol. The van der Waals surface area contributed by atoms with Gasteiger partial charge in [-0.3, -0.25) is 0 Å². The van der Waals surface area contributed by atoms with Crippen LogP contribution in [0, 0.1) is 24.6 Å². The van der Waals surface area contributed by atoms with Gasteiger partial charge in [0.2, 0.25) is 0 Å². The van der Waals surface area contributed by atoms with Gasteiger partial charge in [0.15, 0.2) is 11.6 Å². The number of hydrogen-bond donors (Lipinski definition) is 0. The maximum absolute atomic E-state index is 14.2. The predicted octanol–water partition coefficient (Wildman–Crippen LogP) is 4.10. The summed E-state index contributed by atoms with van der Waals surface area (Å²) in [5, 5.41) is 0. The normalized spacial score (nSPS) is 19.1. The summed E-state index contributed by atoms with van der Waals surface area (Å²) in [4.78, 5) is 0. The molecule has 0 N–H and O–H groups in total. The zero-order chi connectivity index (χ0) is 13.2. The lowest BCUT2D eigenvalue weighted by molar-refractivity contribution is 0.175. The van der Waals surface area contributed by atoms with Crippen LogP contribution < -0.4 is 9.47 Å². The Morgan fingerprint density at radius 3 is 2.16 bits per heavy atom. The van der Waals surface area contributed by atoms with Crippen LogP contribution >= 0.6 is 0 Å². The first-order valence-electron chi connectivity index (χ1n) is 7.28. The highest BCUT2D eigenvalue weighted by Gasteiger charge is 2.23. The van der Waals surface area contributed by atoms with Crippen molar-refractivity contribution >= 4 is 0 Å². The van der Waals surface area contributed by atoms with Gasteiger partial charge in [0.05, 0.1) is 13.2 Å². The minimum atomic E-state index is -0.271. The lowest BCUT2D eigenvalue weighted by atomic mass is 9.86. The minimum absolute atomic E-state index is 0.271. The summed E-state index contributed by atoms with van der Waals surface area (Å²) in [7, 11) is 0. The summed E-state index contributed by atoms with van der Waals surface area (Å²) in [6, 6.07) is 3.53. The second-order valence-corrected chi connectivity index (χ2v) is 5.86. The van der Waals surface area contributed by atoms with Crippen molar-refractivity contribution < 1.29 is 13.9 Å². The molecule has 0 aromatic heterocycles. The van der Waals surface area contributed by atoms with E-state index in [1.165, 1.54) is 32.1 Å². The smallest absolute Gasteiger partial charge is 0.171 e. The summed E-state index contributed by atoms with van der Waals surface area (Å²) in [6.45, 7) is 3.11. The molecule has 0 radical (unpaired) electrons. The quantitative estimate of drug-likeness (QED) is 0.770. The predicted molar refractivity (Wildman–Crippen MR) is 72.2 cm³/mol. The number of halogens is 1. The third-order valence-corrected chi connectivity index (χ3v) is 4.17. The van der Waals surface area contributed by atoms with Gasteiger partial charge in [0.25, 0.3) is 0 Å². The molecule has 2 aliphatic rings. The van der Waals surface area contributed by atoms with Crippen molar-refractivity contribution in [2.45, 2.75) is 39.0 Å². The van der Waals surface area contributed by atoms with Gasteiger partial charge in [-0.05, 0) is 56.6 Å². The molecule has 19 heavy (non-hydrogen) atoms. The van der Waals surface area contributed by atoms with Crippen LogP contribution in [0.15, 0.2) is 12.1 Å². The average molecular weight is 264 g/mol. The molecule has 0 atom stereocenters. The van der Waals surface area contributed by atoms with Gasteiger partial charge in [0, 0.05) is 5.56 Å². The van der Waals surface area contributed by atoms with Crippen LogP contribution in [0.1, 0.15) is 37.7 Å². The maximum atomic E-state index is 14.2. The van der Waals surface area contributed by atoms with Crippen molar-refractivity contribution in [1.29, 1.82) is 0 Å². The van der Waals surface area contributed by atoms with Gasteiger partial charge >= 0.3 is 0 Å². The van der Waals surface area contributed by atoms with E-state index >= 15 is 0 Å². The Hall–Kier alpha value is -1.25. The molecule has 2 saturated carbocycles. The lowest BCUT2D eigenvalue weighted by Gasteiger charge is -2.25. The summed E-state index contributed by atoms with van der Waals surface area (Å²) < 4.78 is 25.4. The van der Waals surface area contributed by atoms with E-state index in [1.54, 1.807) is 13.0 Å². The first kappa shape index (κ1) is 12.8. The first-order valence-corrected chi connectivity index (χ1v) is 7.28. The van der Waals surface area contributed by atoms with Crippen LogP contribution in [-0.4, -0.2) is 13.2 Å². The van der Waals surface area contributed by atoms with Gasteiger partial charge in [-0.15, -0.1) is 0 Å². The van der Waals surface area contributed by atoms with Crippen LogP contribution in [0.5, 0.6) is 11.5 Å². The Labute approximate surface area is 113 Å². The van der Waals surface area contributed by atoms with Gasteiger partial charge < -0.3 is 9.47 Å². The molecule has 3 rings (SSSR count). The van der Waals surface area contributed by atoms with Crippen LogP contribution in [0.25, 0.3) is 0 Å². The van der Waals surface area contributed by atoms with Crippen molar-refractivity contribution in [3.63, 3.8) is 0 Å². The molecule has 3 heteroatoms. The van der Waals surface area contributed by atoms with Crippen molar-refractivity contribution in [2.24, 2.45) is 11.8 Å². The van der Waals surface area contributed by atoms with E-state index in [-0.39, 0.29) is 5.82 Å². The average Bonchev–Trinajstić information content (AvgIpc) is 3.15. The molecule has 104 valence electrons. The molecular formula is C16H21FO2. The number of benzene rings is 1. The van der Waals surface area contributed by atoms with Crippen LogP contribution in [0.2, 0.25) is 0 Å². The third-order valence-electron chi connectivity index (χ3n) is 4.17. The van der Waals surface area contributed by atoms with Crippen molar-refractivity contribution in [3.8, 4) is 11.5 Å². The largest absolute Gasteiger partial charge is 0.493 e. The standard InChI is InChI=1S/C16H21FO2/c1-11-14(18-10-13-5-6-13)7-8-15(16(11)17)19-9-12-3-2-4-12/h7-8,12-13H,2-6,9-10H2,1H3. The number of hydrogen-bond acceptors (Lipinski definition) is 2. The van der Waals surface area contributed by atoms with E-state index in [2.05, 4.69) is 0 Å². The highest BCUT2D eigenvalue weighted by Crippen LogP contribution is 2.33. The van der Waals surface area contributed by atoms with E-state index in [0.717, 1.165) is 0 Å². The van der Waals surface area contributed by atoms with E-state index in [1.807, 2.05) is 6.07 Å². The highest BCUT2D eigenvalue weighted by atomic mass is 19.1. The van der Waals surface area contributed by atoms with Crippen LogP contribution in [0.4, 0.5) is 4.39 Å². The zero-order valence-electron chi connectivity index (χ0n) is 11.5. The summed E-state index contributed by atoms with van der Waals surface area (Å²) in [6.07, 6.45) is 6.18. The fourth-order valence-corrected chi connectivity index (χ4v) is 2.27. The van der Waals surface area contributed by atoms with Crippen LogP contribution in [0.3, 0.4) is 0 Å². The summed E-state index contributed by atoms with van der Waals surface area (Å²) >= 11 is 0. The second-order valence-electron chi connectivity index (χ2n) is 5.86. The maximum Gasteiger partial charge on any atom is 0.171 e. The lowest BCUT2D eigenvalue weighted by Crippen LogP contribution is -2.19. The molecule has 0 saturated heterocycles. The van der Waals surface area contributed by atoms with Crippen molar-refractivity contribution in [2.75, 3.05) is 13.2 Å². The first-order chi connectivity index (χ1) is 9.24. The Kier molecular flexibility index (Phi) is 3.63. The topological polar surface area (TPSA) is 18.5 Å². The molecule has 0 bridgehead atoms. The molecule has 2 aliphatic carbocycles. The van der Waals surface area contributed by atoms with Crippen molar-refractivity contribution in [3.05, 3.63) is 23.5 Å². The highest BCUT2D eigenvalue weighted by molar-refractivity contribution is 5.41. The fraction of sp³-hybridized carbons (Fsp3) is 0.625. The Morgan fingerprint density at radius 2 is 1.58 bits per heavy atom. The van der Waals surface area contributed by atoms with Gasteiger partial charge in [-0.2, -0.15) is 0 Å². The van der Waals surface area contributed by atoms with Crippen LogP contribution in [-0.2, 0) is 0 Å². The van der Waals surface area contributed by atoms with E-state index in [9.17, 15) is 4.39 Å². The molecule has 0 aliphatic heterocycles. The van der Waals surface area contributed by atoms with E-state index in [4.69, 9.17) is 9.47 Å². The molecule has 1 aromatic carbocycles. The zero-order valence-corrected chi connectivity index (χ0v) is 11.5.